The summed E-state index contributed by atoms with van der Waals surface area (Å²) in [6.07, 6.45) is 1.80. The maximum absolute atomic E-state index is 12.1. The lowest BCUT2D eigenvalue weighted by atomic mass is 9.96. The van der Waals surface area contributed by atoms with Gasteiger partial charge in [-0.2, -0.15) is 0 Å². The molecule has 0 saturated carbocycles. The average molecular weight is 570 g/mol. The van der Waals surface area contributed by atoms with Gasteiger partial charge in [0.2, 0.25) is 12.7 Å². The van der Waals surface area contributed by atoms with Gasteiger partial charge in [-0.25, -0.2) is 0 Å². The van der Waals surface area contributed by atoms with Gasteiger partial charge in [0, 0.05) is 47.8 Å². The van der Waals surface area contributed by atoms with E-state index >= 15 is 0 Å². The SMILES string of the molecule is COCC(=O)Nc1ccc(N2C(=S)N[C@@H](c3ccccn3)[C@@H]2c2cc(C)n(-c3ccc4c(c3)OCO4)c2C)cc1C. The first kappa shape index (κ1) is 26.8. The second-order valence-corrected chi connectivity index (χ2v) is 10.6. The van der Waals surface area contributed by atoms with Gasteiger partial charge >= 0.3 is 0 Å². The second-order valence-electron chi connectivity index (χ2n) is 10.2. The highest BCUT2D eigenvalue weighted by Gasteiger charge is 2.42. The molecule has 0 bridgehead atoms. The number of aromatic nitrogens is 2. The second kappa shape index (κ2) is 10.9. The summed E-state index contributed by atoms with van der Waals surface area (Å²) < 4.78 is 18.4. The van der Waals surface area contributed by atoms with E-state index in [2.05, 4.69) is 40.0 Å². The predicted molar refractivity (Wildman–Crippen MR) is 161 cm³/mol. The summed E-state index contributed by atoms with van der Waals surface area (Å²) >= 11 is 5.95. The van der Waals surface area contributed by atoms with Crippen LogP contribution in [0.5, 0.6) is 11.5 Å². The van der Waals surface area contributed by atoms with E-state index in [0.717, 1.165) is 56.8 Å². The van der Waals surface area contributed by atoms with Crippen molar-refractivity contribution < 1.29 is 19.0 Å². The van der Waals surface area contributed by atoms with Gasteiger partial charge in [-0.3, -0.25) is 9.78 Å². The lowest BCUT2D eigenvalue weighted by molar-refractivity contribution is -0.119. The third-order valence-corrected chi connectivity index (χ3v) is 7.85. The van der Waals surface area contributed by atoms with Crippen molar-refractivity contribution in [1.29, 1.82) is 0 Å². The zero-order valence-electron chi connectivity index (χ0n) is 23.3. The Kier molecular flexibility index (Phi) is 7.10. The smallest absolute Gasteiger partial charge is 0.250 e. The molecule has 2 aromatic carbocycles. The van der Waals surface area contributed by atoms with Crippen molar-refractivity contribution in [1.82, 2.24) is 14.9 Å². The molecule has 9 nitrogen and oxygen atoms in total. The summed E-state index contributed by atoms with van der Waals surface area (Å²) in [7, 11) is 1.50. The summed E-state index contributed by atoms with van der Waals surface area (Å²) in [4.78, 5) is 19.0. The Labute approximate surface area is 244 Å². The molecule has 0 spiro atoms. The molecule has 2 N–H and O–H groups in total. The van der Waals surface area contributed by atoms with Crippen molar-refractivity contribution in [3.63, 3.8) is 0 Å². The highest BCUT2D eigenvalue weighted by atomic mass is 32.1. The highest BCUT2D eigenvalue weighted by Crippen LogP contribution is 2.45. The number of carbonyl (C=O) groups is 1. The molecule has 1 amide bonds. The number of pyridine rings is 1. The number of thiocarbonyl (C=S) groups is 1. The van der Waals surface area contributed by atoms with Crippen LogP contribution in [-0.2, 0) is 9.53 Å². The Morgan fingerprint density at radius 2 is 1.88 bits per heavy atom. The van der Waals surface area contributed by atoms with Gasteiger partial charge < -0.3 is 34.3 Å². The van der Waals surface area contributed by atoms with Gasteiger partial charge in [-0.1, -0.05) is 6.07 Å². The molecule has 210 valence electrons. The standard InChI is InChI=1S/C31H31N5O4S/c1-18-13-21(8-10-24(18)33-28(37)16-38-4)36-30(29(34-31(36)41)25-7-5-6-12-32-25)23-14-19(2)35(20(23)3)22-9-11-26-27(15-22)40-17-39-26/h5-15,29-30H,16-17H2,1-4H3,(H,33,37)(H,34,41)/t29-,30-/m0/s1. The van der Waals surface area contributed by atoms with Crippen LogP contribution in [0, 0.1) is 20.8 Å². The molecule has 6 rings (SSSR count). The molecule has 1 fully saturated rings. The molecule has 2 aliphatic rings. The van der Waals surface area contributed by atoms with E-state index in [1.165, 1.54) is 7.11 Å². The summed E-state index contributed by atoms with van der Waals surface area (Å²) in [5.74, 6) is 1.28. The number of nitrogens with zero attached hydrogens (tertiary/aromatic N) is 3. The number of ether oxygens (including phenoxy) is 3. The van der Waals surface area contributed by atoms with E-state index in [9.17, 15) is 4.79 Å². The number of methoxy groups -OCH3 is 1. The largest absolute Gasteiger partial charge is 0.454 e. The minimum atomic E-state index is -0.203. The number of hydrogen-bond acceptors (Lipinski definition) is 6. The molecule has 41 heavy (non-hydrogen) atoms. The topological polar surface area (TPSA) is 89.9 Å². The van der Waals surface area contributed by atoms with E-state index in [1.54, 1.807) is 6.20 Å². The van der Waals surface area contributed by atoms with Crippen LogP contribution in [-0.4, -0.2) is 41.1 Å². The molecule has 4 heterocycles. The summed E-state index contributed by atoms with van der Waals surface area (Å²) in [6, 6.07) is 19.7. The fourth-order valence-corrected chi connectivity index (χ4v) is 6.06. The lowest BCUT2D eigenvalue weighted by Crippen LogP contribution is -2.29. The number of amides is 1. The molecule has 0 radical (unpaired) electrons. The molecular formula is C31H31N5O4S. The number of anilines is 2. The van der Waals surface area contributed by atoms with E-state index in [1.807, 2.05) is 61.5 Å². The van der Waals surface area contributed by atoms with Crippen LogP contribution in [0.2, 0.25) is 0 Å². The van der Waals surface area contributed by atoms with Gasteiger partial charge in [-0.05, 0) is 92.6 Å². The minimum absolute atomic E-state index is 0.00581. The zero-order chi connectivity index (χ0) is 28.7. The predicted octanol–water partition coefficient (Wildman–Crippen LogP) is 5.29. The Balaban J connectivity index is 1.44. The van der Waals surface area contributed by atoms with Crippen molar-refractivity contribution >= 4 is 34.6 Å². The molecule has 10 heteroatoms. The van der Waals surface area contributed by atoms with E-state index in [-0.39, 0.29) is 31.4 Å². The van der Waals surface area contributed by atoms with E-state index in [4.69, 9.17) is 31.4 Å². The maximum Gasteiger partial charge on any atom is 0.250 e. The zero-order valence-corrected chi connectivity index (χ0v) is 24.1. The Hall–Kier alpha value is -4.41. The van der Waals surface area contributed by atoms with Crippen molar-refractivity contribution in [3.05, 3.63) is 95.1 Å². The number of aryl methyl sites for hydroxylation is 2. The lowest BCUT2D eigenvalue weighted by Gasteiger charge is -2.29. The first-order valence-corrected chi connectivity index (χ1v) is 13.8. The quantitative estimate of drug-likeness (QED) is 0.291. The van der Waals surface area contributed by atoms with Crippen LogP contribution in [0.3, 0.4) is 0 Å². The fraction of sp³-hybridized carbons (Fsp3) is 0.258. The third-order valence-electron chi connectivity index (χ3n) is 7.54. The first-order valence-electron chi connectivity index (χ1n) is 13.3. The van der Waals surface area contributed by atoms with E-state index in [0.29, 0.717) is 5.11 Å². The molecule has 1 saturated heterocycles. The first-order chi connectivity index (χ1) is 19.9. The van der Waals surface area contributed by atoms with Gasteiger partial charge in [0.1, 0.15) is 6.61 Å². The summed E-state index contributed by atoms with van der Waals surface area (Å²) in [6.45, 7) is 6.42. The fourth-order valence-electron chi connectivity index (χ4n) is 5.71. The molecule has 2 aliphatic heterocycles. The average Bonchev–Trinajstić information content (AvgIpc) is 3.65. The van der Waals surface area contributed by atoms with Gasteiger partial charge in [0.15, 0.2) is 16.6 Å². The van der Waals surface area contributed by atoms with Crippen LogP contribution in [0.25, 0.3) is 5.69 Å². The minimum Gasteiger partial charge on any atom is -0.454 e. The van der Waals surface area contributed by atoms with Gasteiger partial charge in [0.25, 0.3) is 0 Å². The van der Waals surface area contributed by atoms with E-state index < -0.39 is 0 Å². The monoisotopic (exact) mass is 569 g/mol. The number of fused-ring (bicyclic) bond motifs is 1. The van der Waals surface area contributed by atoms with Crippen LogP contribution < -0.4 is 25.0 Å². The number of benzene rings is 2. The van der Waals surface area contributed by atoms with Gasteiger partial charge in [-0.15, -0.1) is 0 Å². The van der Waals surface area contributed by atoms with Crippen molar-refractivity contribution in [2.75, 3.05) is 30.7 Å². The van der Waals surface area contributed by atoms with Crippen LogP contribution in [0.1, 0.15) is 40.3 Å². The van der Waals surface area contributed by atoms with Crippen molar-refractivity contribution in [3.8, 4) is 17.2 Å². The van der Waals surface area contributed by atoms with Crippen molar-refractivity contribution in [2.24, 2.45) is 0 Å². The summed E-state index contributed by atoms with van der Waals surface area (Å²) in [5, 5.41) is 7.06. The Morgan fingerprint density at radius 1 is 1.07 bits per heavy atom. The number of carbonyl (C=O) groups excluding carboxylic acids is 1. The molecule has 0 unspecified atom stereocenters. The summed E-state index contributed by atoms with van der Waals surface area (Å²) in [5.41, 5.74) is 7.75. The molecule has 0 aliphatic carbocycles. The molecular weight excluding hydrogens is 538 g/mol. The van der Waals surface area contributed by atoms with Gasteiger partial charge in [0.05, 0.1) is 17.8 Å². The number of nitrogens with one attached hydrogen (secondary N) is 2. The molecule has 2 atom stereocenters. The maximum atomic E-state index is 12.1. The number of rotatable bonds is 7. The highest BCUT2D eigenvalue weighted by molar-refractivity contribution is 7.80. The molecule has 2 aromatic heterocycles. The normalized spacial score (nSPS) is 17.6. The van der Waals surface area contributed by atoms with Crippen LogP contribution in [0.4, 0.5) is 11.4 Å². The van der Waals surface area contributed by atoms with Crippen molar-refractivity contribution in [2.45, 2.75) is 32.9 Å². The van der Waals surface area contributed by atoms with Crippen LogP contribution >= 0.6 is 12.2 Å². The Morgan fingerprint density at radius 3 is 2.63 bits per heavy atom. The van der Waals surface area contributed by atoms with Crippen LogP contribution in [0.15, 0.2) is 66.9 Å². The Bertz CT molecular complexity index is 1640. The third kappa shape index (κ3) is 4.89. The number of hydrogen-bond donors (Lipinski definition) is 2. The molecule has 4 aromatic rings.